The quantitative estimate of drug-likeness (QED) is 0.310. The first kappa shape index (κ1) is 10.1. The molecule has 0 aliphatic rings. The molecule has 2 aromatic rings. The van der Waals surface area contributed by atoms with Crippen molar-refractivity contribution < 1.29 is 14.7 Å². The second-order valence-electron chi connectivity index (χ2n) is 3.20. The second kappa shape index (κ2) is 3.98. The minimum atomic E-state index is -0.0787. The van der Waals surface area contributed by atoms with Gasteiger partial charge in [-0.25, -0.2) is 0 Å². The molecule has 0 saturated heterocycles. The fourth-order valence-electron chi connectivity index (χ4n) is 1.31. The lowest BCUT2D eigenvalue weighted by atomic mass is 10.2. The third-order valence-corrected chi connectivity index (χ3v) is 2.12. The zero-order valence-corrected chi connectivity index (χ0v) is 8.29. The molecular formula is C11H10N2O3. The number of amidine groups is 1. The summed E-state index contributed by atoms with van der Waals surface area (Å²) in [6, 6.07) is 9.85. The summed E-state index contributed by atoms with van der Waals surface area (Å²) in [7, 11) is 0. The van der Waals surface area contributed by atoms with Crippen molar-refractivity contribution >= 4 is 5.84 Å². The Morgan fingerprint density at radius 1 is 1.12 bits per heavy atom. The molecule has 0 saturated carbocycles. The first-order valence-electron chi connectivity index (χ1n) is 4.58. The lowest BCUT2D eigenvalue weighted by molar-refractivity contribution is 0.317. The van der Waals surface area contributed by atoms with Crippen LogP contribution in [0.2, 0.25) is 0 Å². The maximum absolute atomic E-state index is 9.13. The zero-order valence-electron chi connectivity index (χ0n) is 8.29. The molecule has 1 aromatic carbocycles. The largest absolute Gasteiger partial charge is 0.508 e. The van der Waals surface area contributed by atoms with Crippen molar-refractivity contribution in [1.82, 2.24) is 0 Å². The summed E-state index contributed by atoms with van der Waals surface area (Å²) in [6.07, 6.45) is 0. The maximum Gasteiger partial charge on any atom is 0.205 e. The summed E-state index contributed by atoms with van der Waals surface area (Å²) >= 11 is 0. The van der Waals surface area contributed by atoms with Crippen LogP contribution in [0.3, 0.4) is 0 Å². The van der Waals surface area contributed by atoms with E-state index in [1.54, 1.807) is 36.4 Å². The molecule has 4 N–H and O–H groups in total. The van der Waals surface area contributed by atoms with Crippen molar-refractivity contribution in [3.8, 4) is 17.1 Å². The molecule has 0 amide bonds. The SMILES string of the molecule is NC(=NO)c1ccc(-c2ccc(O)cc2)o1. The standard InChI is InChI=1S/C11H10N2O3/c12-11(13-15)10-6-5-9(16-10)7-1-3-8(14)4-2-7/h1-6,14-15H,(H2,12,13). The molecule has 5 nitrogen and oxygen atoms in total. The molecule has 16 heavy (non-hydrogen) atoms. The summed E-state index contributed by atoms with van der Waals surface area (Å²) in [4.78, 5) is 0. The van der Waals surface area contributed by atoms with Gasteiger partial charge in [-0.3, -0.25) is 0 Å². The van der Waals surface area contributed by atoms with Crippen molar-refractivity contribution in [2.45, 2.75) is 0 Å². The predicted octanol–water partition coefficient (Wildman–Crippen LogP) is 1.75. The van der Waals surface area contributed by atoms with Gasteiger partial charge in [0.15, 0.2) is 5.76 Å². The molecule has 0 spiro atoms. The van der Waals surface area contributed by atoms with Crippen molar-refractivity contribution in [2.75, 3.05) is 0 Å². The van der Waals surface area contributed by atoms with Crippen LogP contribution in [0.4, 0.5) is 0 Å². The Morgan fingerprint density at radius 2 is 1.81 bits per heavy atom. The van der Waals surface area contributed by atoms with Crippen molar-refractivity contribution in [2.24, 2.45) is 10.9 Å². The van der Waals surface area contributed by atoms with E-state index < -0.39 is 0 Å². The van der Waals surface area contributed by atoms with Crippen molar-refractivity contribution in [1.29, 1.82) is 0 Å². The highest BCUT2D eigenvalue weighted by molar-refractivity contribution is 5.94. The number of benzene rings is 1. The van der Waals surface area contributed by atoms with Gasteiger partial charge in [0.05, 0.1) is 0 Å². The average Bonchev–Trinajstić information content (AvgIpc) is 2.78. The molecule has 0 bridgehead atoms. The lowest BCUT2D eigenvalue weighted by Gasteiger charge is -1.97. The minimum Gasteiger partial charge on any atom is -0.508 e. The Hall–Kier alpha value is -2.43. The number of aromatic hydroxyl groups is 1. The smallest absolute Gasteiger partial charge is 0.205 e. The van der Waals surface area contributed by atoms with E-state index >= 15 is 0 Å². The van der Waals surface area contributed by atoms with E-state index in [2.05, 4.69) is 5.16 Å². The van der Waals surface area contributed by atoms with Crippen LogP contribution in [0.5, 0.6) is 5.75 Å². The third-order valence-electron chi connectivity index (χ3n) is 2.12. The van der Waals surface area contributed by atoms with Crippen molar-refractivity contribution in [3.63, 3.8) is 0 Å². The summed E-state index contributed by atoms with van der Waals surface area (Å²) in [5, 5.41) is 20.4. The van der Waals surface area contributed by atoms with Gasteiger partial charge in [0.25, 0.3) is 0 Å². The van der Waals surface area contributed by atoms with Crippen LogP contribution in [-0.2, 0) is 0 Å². The number of hydrogen-bond donors (Lipinski definition) is 3. The van der Waals surface area contributed by atoms with E-state index in [0.717, 1.165) is 5.56 Å². The normalized spacial score (nSPS) is 11.6. The van der Waals surface area contributed by atoms with E-state index in [9.17, 15) is 0 Å². The molecule has 1 aromatic heterocycles. The number of nitrogens with zero attached hydrogens (tertiary/aromatic N) is 1. The van der Waals surface area contributed by atoms with E-state index in [4.69, 9.17) is 20.5 Å². The number of rotatable bonds is 2. The van der Waals surface area contributed by atoms with Gasteiger partial charge in [-0.15, -0.1) is 0 Å². The highest BCUT2D eigenvalue weighted by Crippen LogP contribution is 2.23. The van der Waals surface area contributed by atoms with Gasteiger partial charge < -0.3 is 20.5 Å². The van der Waals surface area contributed by atoms with Crippen LogP contribution in [-0.4, -0.2) is 16.1 Å². The van der Waals surface area contributed by atoms with Crippen molar-refractivity contribution in [3.05, 3.63) is 42.2 Å². The van der Waals surface area contributed by atoms with Crippen LogP contribution >= 0.6 is 0 Å². The van der Waals surface area contributed by atoms with Crippen LogP contribution in [0.15, 0.2) is 46.0 Å². The van der Waals surface area contributed by atoms with Crippen LogP contribution in [0.25, 0.3) is 11.3 Å². The number of phenols is 1. The van der Waals surface area contributed by atoms with Gasteiger partial charge in [0.1, 0.15) is 11.5 Å². The van der Waals surface area contributed by atoms with Gasteiger partial charge in [0.2, 0.25) is 5.84 Å². The van der Waals surface area contributed by atoms with E-state index in [1.807, 2.05) is 0 Å². The fourth-order valence-corrected chi connectivity index (χ4v) is 1.31. The summed E-state index contributed by atoms with van der Waals surface area (Å²) in [5.74, 6) is 0.990. The number of nitrogens with two attached hydrogens (primary N) is 1. The van der Waals surface area contributed by atoms with Gasteiger partial charge in [0, 0.05) is 5.56 Å². The Bertz CT molecular complexity index is 514. The Kier molecular flexibility index (Phi) is 2.51. The highest BCUT2D eigenvalue weighted by atomic mass is 16.4. The zero-order chi connectivity index (χ0) is 11.5. The summed E-state index contributed by atoms with van der Waals surface area (Å²) in [5.41, 5.74) is 6.18. The molecule has 0 unspecified atom stereocenters. The highest BCUT2D eigenvalue weighted by Gasteiger charge is 2.07. The van der Waals surface area contributed by atoms with Crippen LogP contribution in [0, 0.1) is 0 Å². The fraction of sp³-hybridized carbons (Fsp3) is 0. The maximum atomic E-state index is 9.13. The number of phenolic OH excluding ortho intramolecular Hbond substituents is 1. The Morgan fingerprint density at radius 3 is 2.44 bits per heavy atom. The van der Waals surface area contributed by atoms with Crippen LogP contribution in [0.1, 0.15) is 5.76 Å². The molecular weight excluding hydrogens is 208 g/mol. The van der Waals surface area contributed by atoms with E-state index in [0.29, 0.717) is 11.5 Å². The average molecular weight is 218 g/mol. The number of furan rings is 1. The molecule has 0 fully saturated rings. The van der Waals surface area contributed by atoms with Gasteiger partial charge in [-0.2, -0.15) is 0 Å². The Balaban J connectivity index is 2.35. The topological polar surface area (TPSA) is 92.0 Å². The predicted molar refractivity (Wildman–Crippen MR) is 58.3 cm³/mol. The second-order valence-corrected chi connectivity index (χ2v) is 3.20. The Labute approximate surface area is 91.4 Å². The van der Waals surface area contributed by atoms with E-state index in [1.165, 1.54) is 0 Å². The van der Waals surface area contributed by atoms with Gasteiger partial charge >= 0.3 is 0 Å². The first-order chi connectivity index (χ1) is 7.70. The molecule has 0 aliphatic carbocycles. The monoisotopic (exact) mass is 218 g/mol. The minimum absolute atomic E-state index is 0.0787. The first-order valence-corrected chi connectivity index (χ1v) is 4.58. The molecule has 0 atom stereocenters. The third kappa shape index (κ3) is 1.83. The molecule has 5 heteroatoms. The summed E-state index contributed by atoms with van der Waals surface area (Å²) < 4.78 is 5.36. The van der Waals surface area contributed by atoms with Crippen LogP contribution < -0.4 is 5.73 Å². The van der Waals surface area contributed by atoms with Gasteiger partial charge in [-0.1, -0.05) is 5.16 Å². The van der Waals surface area contributed by atoms with Gasteiger partial charge in [-0.05, 0) is 36.4 Å². The molecule has 0 radical (unpaired) electrons. The molecule has 82 valence electrons. The summed E-state index contributed by atoms with van der Waals surface area (Å²) in [6.45, 7) is 0. The number of hydrogen-bond acceptors (Lipinski definition) is 4. The number of oxime groups is 1. The molecule has 2 rings (SSSR count). The molecule has 1 heterocycles. The molecule has 0 aliphatic heterocycles. The van der Waals surface area contributed by atoms with E-state index in [-0.39, 0.29) is 11.6 Å². The lowest BCUT2D eigenvalue weighted by Crippen LogP contribution is -2.11.